The summed E-state index contributed by atoms with van der Waals surface area (Å²) in [4.78, 5) is 0. The van der Waals surface area contributed by atoms with Gasteiger partial charge in [0, 0.05) is 6.54 Å². The zero-order valence-electron chi connectivity index (χ0n) is 15.2. The Kier molecular flexibility index (Phi) is 10.6. The van der Waals surface area contributed by atoms with Gasteiger partial charge < -0.3 is 5.73 Å². The highest BCUT2D eigenvalue weighted by molar-refractivity contribution is 5.53. The molecule has 0 unspecified atom stereocenters. The Morgan fingerprint density at radius 1 is 0.538 bits per heavy atom. The van der Waals surface area contributed by atoms with Gasteiger partial charge in [0.05, 0.1) is 0 Å². The minimum Gasteiger partial charge on any atom is -0.326 e. The SMILES string of the molecule is C=Cc1ccc(C=C)cc1.C=Cc1ccccc1.NCc1ccccc1. The fourth-order valence-corrected chi connectivity index (χ4v) is 1.97. The van der Waals surface area contributed by atoms with Crippen LogP contribution in [0.5, 0.6) is 0 Å². The van der Waals surface area contributed by atoms with Crippen molar-refractivity contribution in [1.82, 2.24) is 0 Å². The van der Waals surface area contributed by atoms with E-state index >= 15 is 0 Å². The minimum atomic E-state index is 0.640. The smallest absolute Gasteiger partial charge is 0.0178 e. The monoisotopic (exact) mass is 341 g/mol. The molecule has 0 aliphatic rings. The van der Waals surface area contributed by atoms with E-state index in [0.717, 1.165) is 11.1 Å². The number of benzene rings is 3. The van der Waals surface area contributed by atoms with Gasteiger partial charge in [-0.3, -0.25) is 0 Å². The quantitative estimate of drug-likeness (QED) is 0.580. The van der Waals surface area contributed by atoms with E-state index in [0.29, 0.717) is 6.54 Å². The van der Waals surface area contributed by atoms with E-state index in [1.54, 1.807) is 0 Å². The molecule has 0 saturated heterocycles. The zero-order valence-corrected chi connectivity index (χ0v) is 15.2. The number of hydrogen-bond donors (Lipinski definition) is 1. The van der Waals surface area contributed by atoms with Crippen molar-refractivity contribution in [3.05, 3.63) is 127 Å². The number of hydrogen-bond acceptors (Lipinski definition) is 1. The maximum Gasteiger partial charge on any atom is 0.0178 e. The molecular weight excluding hydrogens is 314 g/mol. The summed E-state index contributed by atoms with van der Waals surface area (Å²) in [5.74, 6) is 0. The topological polar surface area (TPSA) is 26.0 Å². The van der Waals surface area contributed by atoms with E-state index in [4.69, 9.17) is 5.73 Å². The number of rotatable bonds is 4. The van der Waals surface area contributed by atoms with Crippen LogP contribution < -0.4 is 5.73 Å². The lowest BCUT2D eigenvalue weighted by molar-refractivity contribution is 1.07. The van der Waals surface area contributed by atoms with Gasteiger partial charge >= 0.3 is 0 Å². The van der Waals surface area contributed by atoms with Gasteiger partial charge in [0.15, 0.2) is 0 Å². The second-order valence-corrected chi connectivity index (χ2v) is 5.38. The van der Waals surface area contributed by atoms with Crippen molar-refractivity contribution < 1.29 is 0 Å². The van der Waals surface area contributed by atoms with E-state index < -0.39 is 0 Å². The van der Waals surface area contributed by atoms with Crippen LogP contribution in [0.4, 0.5) is 0 Å². The molecule has 0 fully saturated rings. The molecule has 0 bridgehead atoms. The first-order valence-electron chi connectivity index (χ1n) is 8.50. The Labute approximate surface area is 157 Å². The van der Waals surface area contributed by atoms with Crippen LogP contribution in [0.2, 0.25) is 0 Å². The molecule has 0 aromatic heterocycles. The predicted octanol–water partition coefficient (Wildman–Crippen LogP) is 6.45. The lowest BCUT2D eigenvalue weighted by Crippen LogP contribution is -1.94. The molecule has 26 heavy (non-hydrogen) atoms. The molecule has 0 aliphatic carbocycles. The molecule has 0 radical (unpaired) electrons. The summed E-state index contributed by atoms with van der Waals surface area (Å²) < 4.78 is 0. The van der Waals surface area contributed by atoms with Crippen LogP contribution in [0.3, 0.4) is 0 Å². The molecule has 132 valence electrons. The van der Waals surface area contributed by atoms with E-state index in [2.05, 4.69) is 19.7 Å². The minimum absolute atomic E-state index is 0.640. The average Bonchev–Trinajstić information content (AvgIpc) is 2.76. The normalized spacial score (nSPS) is 8.81. The van der Waals surface area contributed by atoms with Gasteiger partial charge in [0.1, 0.15) is 0 Å². The summed E-state index contributed by atoms with van der Waals surface area (Å²) in [6.07, 6.45) is 5.49. The van der Waals surface area contributed by atoms with Gasteiger partial charge in [-0.2, -0.15) is 0 Å². The Morgan fingerprint density at radius 2 is 0.885 bits per heavy atom. The van der Waals surface area contributed by atoms with Gasteiger partial charge in [-0.1, -0.05) is 123 Å². The highest BCUT2D eigenvalue weighted by Gasteiger charge is 1.84. The molecule has 0 aliphatic heterocycles. The molecule has 3 rings (SSSR count). The molecule has 0 heterocycles. The second-order valence-electron chi connectivity index (χ2n) is 5.38. The van der Waals surface area contributed by atoms with E-state index in [1.165, 1.54) is 11.1 Å². The van der Waals surface area contributed by atoms with Crippen LogP contribution in [0, 0.1) is 0 Å². The highest BCUT2D eigenvalue weighted by atomic mass is 14.5. The van der Waals surface area contributed by atoms with Gasteiger partial charge in [-0.25, -0.2) is 0 Å². The molecule has 1 heteroatoms. The summed E-state index contributed by atoms with van der Waals surface area (Å²) >= 11 is 0. The molecule has 0 atom stereocenters. The van der Waals surface area contributed by atoms with E-state index in [9.17, 15) is 0 Å². The Bertz CT molecular complexity index is 729. The van der Waals surface area contributed by atoms with Crippen LogP contribution in [-0.2, 0) is 6.54 Å². The first-order valence-corrected chi connectivity index (χ1v) is 8.50. The third-order valence-electron chi connectivity index (χ3n) is 3.52. The van der Waals surface area contributed by atoms with Gasteiger partial charge in [-0.15, -0.1) is 0 Å². The van der Waals surface area contributed by atoms with Crippen molar-refractivity contribution in [3.63, 3.8) is 0 Å². The van der Waals surface area contributed by atoms with Gasteiger partial charge in [0.25, 0.3) is 0 Å². The van der Waals surface area contributed by atoms with Crippen LogP contribution in [0.15, 0.2) is 105 Å². The van der Waals surface area contributed by atoms with Gasteiger partial charge in [-0.05, 0) is 22.3 Å². The Morgan fingerprint density at radius 3 is 1.15 bits per heavy atom. The highest BCUT2D eigenvalue weighted by Crippen LogP contribution is 2.05. The molecule has 2 N–H and O–H groups in total. The molecule has 3 aromatic rings. The Balaban J connectivity index is 0.000000197. The van der Waals surface area contributed by atoms with Crippen molar-refractivity contribution in [1.29, 1.82) is 0 Å². The maximum atomic E-state index is 5.35. The van der Waals surface area contributed by atoms with Crippen LogP contribution in [0.25, 0.3) is 18.2 Å². The van der Waals surface area contributed by atoms with Crippen molar-refractivity contribution >= 4 is 18.2 Å². The Hall–Kier alpha value is -3.16. The average molecular weight is 341 g/mol. The fourth-order valence-electron chi connectivity index (χ4n) is 1.97. The molecule has 1 nitrogen and oxygen atoms in total. The number of nitrogens with two attached hydrogens (primary N) is 1. The molecular formula is C25H27N. The standard InChI is InChI=1S/C10H10.C8H8.C7H9N/c1-3-9-5-7-10(4-2)8-6-9;1-2-8-6-4-3-5-7-8;8-6-7-4-2-1-3-5-7/h3-8H,1-2H2;2-7H,1H2;1-5H,6,8H2. The van der Waals surface area contributed by atoms with Crippen LogP contribution >= 0.6 is 0 Å². The predicted molar refractivity (Wildman–Crippen MR) is 117 cm³/mol. The third kappa shape index (κ3) is 8.62. The fraction of sp³-hybridized carbons (Fsp3) is 0.0400. The molecule has 0 saturated carbocycles. The summed E-state index contributed by atoms with van der Waals surface area (Å²) in [6, 6.07) is 28.1. The molecule has 3 aromatic carbocycles. The first kappa shape index (κ1) is 20.9. The van der Waals surface area contributed by atoms with E-state index in [1.807, 2.05) is 103 Å². The maximum absolute atomic E-state index is 5.35. The summed E-state index contributed by atoms with van der Waals surface area (Å²) in [6.45, 7) is 11.6. The van der Waals surface area contributed by atoms with Crippen LogP contribution in [-0.4, -0.2) is 0 Å². The molecule has 0 spiro atoms. The summed E-state index contributed by atoms with van der Waals surface area (Å²) in [7, 11) is 0. The lowest BCUT2D eigenvalue weighted by Gasteiger charge is -1.92. The second kappa shape index (κ2) is 13.2. The van der Waals surface area contributed by atoms with Crippen molar-refractivity contribution in [2.75, 3.05) is 0 Å². The zero-order chi connectivity index (χ0) is 19.0. The lowest BCUT2D eigenvalue weighted by atomic mass is 10.1. The largest absolute Gasteiger partial charge is 0.326 e. The summed E-state index contributed by atoms with van der Waals surface area (Å²) in [5.41, 5.74) is 10.00. The van der Waals surface area contributed by atoms with E-state index in [-0.39, 0.29) is 0 Å². The first-order chi connectivity index (χ1) is 12.7. The molecule has 0 amide bonds. The summed E-state index contributed by atoms with van der Waals surface area (Å²) in [5, 5.41) is 0. The van der Waals surface area contributed by atoms with Crippen molar-refractivity contribution in [2.45, 2.75) is 6.54 Å². The van der Waals surface area contributed by atoms with Crippen LogP contribution in [0.1, 0.15) is 22.3 Å². The van der Waals surface area contributed by atoms with Crippen molar-refractivity contribution in [2.24, 2.45) is 5.73 Å². The third-order valence-corrected chi connectivity index (χ3v) is 3.52. The van der Waals surface area contributed by atoms with Gasteiger partial charge in [0.2, 0.25) is 0 Å². The van der Waals surface area contributed by atoms with Crippen molar-refractivity contribution in [3.8, 4) is 0 Å².